The Balaban J connectivity index is 0.00000529. The minimum Gasteiger partial charge on any atom is -0.379 e. The van der Waals surface area contributed by atoms with Crippen molar-refractivity contribution in [2.45, 2.75) is 60.1 Å². The van der Waals surface area contributed by atoms with Crippen molar-refractivity contribution in [1.82, 2.24) is 15.8 Å². The zero-order valence-electron chi connectivity index (χ0n) is 16.0. The Kier molecular flexibility index (Phi) is 10.5. The van der Waals surface area contributed by atoms with Crippen molar-refractivity contribution in [1.29, 1.82) is 0 Å². The highest BCUT2D eigenvalue weighted by atomic mass is 127. The third kappa shape index (κ3) is 6.58. The largest absolute Gasteiger partial charge is 0.379 e. The summed E-state index contributed by atoms with van der Waals surface area (Å²) in [6.45, 7) is 12.0. The molecular weight excluding hydrogens is 419 g/mol. The lowest BCUT2D eigenvalue weighted by Gasteiger charge is -2.30. The second-order valence-corrected chi connectivity index (χ2v) is 6.64. The van der Waals surface area contributed by atoms with E-state index in [1.807, 2.05) is 0 Å². The standard InChI is InChI=1S/C17H32N4O2.HI/c1-8-13-12(14(9-2)23-21-13)10-19-16(18-6)20-11-15(22-7)17(3,4)5;/h15H,8-11H2,1-7H3,(H2,18,19,20);1H. The summed E-state index contributed by atoms with van der Waals surface area (Å²) in [5, 5.41) is 10.8. The summed E-state index contributed by atoms with van der Waals surface area (Å²) in [6, 6.07) is 0. The van der Waals surface area contributed by atoms with Gasteiger partial charge in [-0.2, -0.15) is 0 Å². The molecule has 1 unspecified atom stereocenters. The minimum atomic E-state index is 0. The molecule has 6 nitrogen and oxygen atoms in total. The van der Waals surface area contributed by atoms with Crippen LogP contribution < -0.4 is 10.6 Å². The van der Waals surface area contributed by atoms with Crippen LogP contribution in [0, 0.1) is 5.41 Å². The molecule has 0 radical (unpaired) electrons. The number of nitrogens with zero attached hydrogens (tertiary/aromatic N) is 2. The number of nitrogens with one attached hydrogen (secondary N) is 2. The molecule has 7 heteroatoms. The molecule has 0 bridgehead atoms. The van der Waals surface area contributed by atoms with Gasteiger partial charge >= 0.3 is 0 Å². The molecule has 0 aliphatic rings. The van der Waals surface area contributed by atoms with Crippen LogP contribution in [0.2, 0.25) is 0 Å². The van der Waals surface area contributed by atoms with Gasteiger partial charge in [0, 0.05) is 39.2 Å². The number of hydrogen-bond acceptors (Lipinski definition) is 4. The van der Waals surface area contributed by atoms with Gasteiger partial charge in [0.25, 0.3) is 0 Å². The molecule has 1 heterocycles. The van der Waals surface area contributed by atoms with Crippen molar-refractivity contribution in [2.24, 2.45) is 10.4 Å². The lowest BCUT2D eigenvalue weighted by atomic mass is 9.89. The van der Waals surface area contributed by atoms with Crippen molar-refractivity contribution in [3.05, 3.63) is 17.0 Å². The SMILES string of the molecule is CCc1noc(CC)c1CNC(=NC)NCC(OC)C(C)(C)C.I. The van der Waals surface area contributed by atoms with E-state index in [1.54, 1.807) is 14.2 Å². The number of methoxy groups -OCH3 is 1. The Morgan fingerprint density at radius 1 is 1.25 bits per heavy atom. The molecule has 1 aromatic rings. The first kappa shape index (κ1) is 23.2. The average molecular weight is 452 g/mol. The van der Waals surface area contributed by atoms with Crippen LogP contribution in [0.1, 0.15) is 51.6 Å². The molecular formula is C17H33IN4O2. The van der Waals surface area contributed by atoms with E-state index in [1.165, 1.54) is 0 Å². The van der Waals surface area contributed by atoms with E-state index in [2.05, 4.69) is 55.4 Å². The summed E-state index contributed by atoms with van der Waals surface area (Å²) >= 11 is 0. The highest BCUT2D eigenvalue weighted by molar-refractivity contribution is 14.0. The number of guanidine groups is 1. The average Bonchev–Trinajstić information content (AvgIpc) is 2.91. The van der Waals surface area contributed by atoms with Gasteiger partial charge in [0.05, 0.1) is 11.8 Å². The van der Waals surface area contributed by atoms with Crippen LogP contribution in [0.3, 0.4) is 0 Å². The number of aryl methyl sites for hydroxylation is 2. The molecule has 0 saturated carbocycles. The number of ether oxygens (including phenoxy) is 1. The monoisotopic (exact) mass is 452 g/mol. The Bertz CT molecular complexity index is 488. The van der Waals surface area contributed by atoms with Crippen molar-refractivity contribution in [3.8, 4) is 0 Å². The fraction of sp³-hybridized carbons (Fsp3) is 0.765. The van der Waals surface area contributed by atoms with Gasteiger partial charge in [-0.3, -0.25) is 4.99 Å². The van der Waals surface area contributed by atoms with Crippen molar-refractivity contribution in [3.63, 3.8) is 0 Å². The van der Waals surface area contributed by atoms with E-state index in [-0.39, 0.29) is 35.5 Å². The first-order chi connectivity index (χ1) is 10.9. The Hall–Kier alpha value is -0.830. The summed E-state index contributed by atoms with van der Waals surface area (Å²) < 4.78 is 11.0. The summed E-state index contributed by atoms with van der Waals surface area (Å²) in [5.41, 5.74) is 2.21. The van der Waals surface area contributed by atoms with Gasteiger partial charge in [-0.05, 0) is 11.8 Å². The second-order valence-electron chi connectivity index (χ2n) is 6.64. The maximum atomic E-state index is 5.56. The zero-order valence-corrected chi connectivity index (χ0v) is 18.4. The van der Waals surface area contributed by atoms with Crippen molar-refractivity contribution in [2.75, 3.05) is 20.7 Å². The Morgan fingerprint density at radius 3 is 2.38 bits per heavy atom. The summed E-state index contributed by atoms with van der Waals surface area (Å²) in [5.74, 6) is 1.69. The second kappa shape index (κ2) is 10.9. The van der Waals surface area contributed by atoms with Crippen molar-refractivity contribution < 1.29 is 9.26 Å². The molecule has 0 aliphatic carbocycles. The van der Waals surface area contributed by atoms with Crippen LogP contribution in [0.5, 0.6) is 0 Å². The highest BCUT2D eigenvalue weighted by Gasteiger charge is 2.24. The number of aliphatic imine (C=N–C) groups is 1. The molecule has 1 atom stereocenters. The zero-order chi connectivity index (χ0) is 17.5. The van der Waals surface area contributed by atoms with Gasteiger partial charge in [-0.25, -0.2) is 0 Å². The normalized spacial score (nSPS) is 13.4. The molecule has 0 amide bonds. The van der Waals surface area contributed by atoms with E-state index in [4.69, 9.17) is 9.26 Å². The molecule has 1 aromatic heterocycles. The molecule has 0 aromatic carbocycles. The van der Waals surface area contributed by atoms with E-state index < -0.39 is 0 Å². The molecule has 2 N–H and O–H groups in total. The van der Waals surface area contributed by atoms with E-state index in [0.717, 1.165) is 35.8 Å². The molecule has 0 fully saturated rings. The Labute approximate surface area is 163 Å². The highest BCUT2D eigenvalue weighted by Crippen LogP contribution is 2.21. The van der Waals surface area contributed by atoms with Crippen molar-refractivity contribution >= 4 is 29.9 Å². The molecule has 140 valence electrons. The predicted octanol–water partition coefficient (Wildman–Crippen LogP) is 3.14. The van der Waals surface area contributed by atoms with Crippen LogP contribution >= 0.6 is 24.0 Å². The lowest BCUT2D eigenvalue weighted by Crippen LogP contribution is -2.45. The number of halogens is 1. The Morgan fingerprint density at radius 2 is 1.92 bits per heavy atom. The van der Waals surface area contributed by atoms with E-state index >= 15 is 0 Å². The topological polar surface area (TPSA) is 71.7 Å². The van der Waals surface area contributed by atoms with Gasteiger partial charge in [0.15, 0.2) is 5.96 Å². The fourth-order valence-corrected chi connectivity index (χ4v) is 2.46. The fourth-order valence-electron chi connectivity index (χ4n) is 2.46. The maximum Gasteiger partial charge on any atom is 0.191 e. The predicted molar refractivity (Wildman–Crippen MR) is 109 cm³/mol. The number of aromatic nitrogens is 1. The van der Waals surface area contributed by atoms with E-state index in [0.29, 0.717) is 13.1 Å². The molecule has 0 spiro atoms. The third-order valence-corrected chi connectivity index (χ3v) is 3.97. The van der Waals surface area contributed by atoms with Gasteiger partial charge in [-0.1, -0.05) is 39.8 Å². The van der Waals surface area contributed by atoms with Gasteiger partial charge in [0.2, 0.25) is 0 Å². The first-order valence-corrected chi connectivity index (χ1v) is 8.30. The quantitative estimate of drug-likeness (QED) is 0.378. The smallest absolute Gasteiger partial charge is 0.191 e. The molecule has 1 rings (SSSR count). The first-order valence-electron chi connectivity index (χ1n) is 8.30. The van der Waals surface area contributed by atoms with E-state index in [9.17, 15) is 0 Å². The van der Waals surface area contributed by atoms with Crippen LogP contribution in [-0.2, 0) is 24.1 Å². The van der Waals surface area contributed by atoms with Crippen LogP contribution in [-0.4, -0.2) is 37.9 Å². The third-order valence-electron chi connectivity index (χ3n) is 3.97. The maximum absolute atomic E-state index is 5.56. The van der Waals surface area contributed by atoms with Crippen LogP contribution in [0.15, 0.2) is 9.52 Å². The van der Waals surface area contributed by atoms with Gasteiger partial charge in [0.1, 0.15) is 5.76 Å². The summed E-state index contributed by atoms with van der Waals surface area (Å²) in [4.78, 5) is 4.27. The molecule has 0 saturated heterocycles. The minimum absolute atomic E-state index is 0. The summed E-state index contributed by atoms with van der Waals surface area (Å²) in [7, 11) is 3.51. The van der Waals surface area contributed by atoms with Gasteiger partial charge < -0.3 is 19.9 Å². The van der Waals surface area contributed by atoms with Crippen LogP contribution in [0.25, 0.3) is 0 Å². The summed E-state index contributed by atoms with van der Waals surface area (Å²) in [6.07, 6.45) is 1.81. The number of hydrogen-bond donors (Lipinski definition) is 2. The van der Waals surface area contributed by atoms with Crippen LogP contribution in [0.4, 0.5) is 0 Å². The molecule has 0 aliphatic heterocycles. The van der Waals surface area contributed by atoms with Gasteiger partial charge in [-0.15, -0.1) is 24.0 Å². The molecule has 24 heavy (non-hydrogen) atoms. The number of rotatable bonds is 7. The lowest BCUT2D eigenvalue weighted by molar-refractivity contribution is 0.0205.